The molecular formula is C18H28O2Si. The number of hydrogen-bond acceptors (Lipinski definition) is 2. The van der Waals surface area contributed by atoms with Crippen LogP contribution in [0.5, 0.6) is 0 Å². The third kappa shape index (κ3) is 4.56. The van der Waals surface area contributed by atoms with Crippen molar-refractivity contribution in [2.24, 2.45) is 0 Å². The SMILES string of the molecule is COC(=O)c1ccc([C@@H](C)/C=C/[Si](C)(C)C(C)(C)C)cc1. The summed E-state index contributed by atoms with van der Waals surface area (Å²) in [6.45, 7) is 13.9. The first kappa shape index (κ1) is 17.7. The van der Waals surface area contributed by atoms with Crippen molar-refractivity contribution in [1.29, 1.82) is 0 Å². The third-order valence-electron chi connectivity index (χ3n) is 4.59. The van der Waals surface area contributed by atoms with Crippen molar-refractivity contribution >= 4 is 14.0 Å². The second kappa shape index (κ2) is 6.61. The van der Waals surface area contributed by atoms with Crippen LogP contribution in [0.1, 0.15) is 49.5 Å². The lowest BCUT2D eigenvalue weighted by Gasteiger charge is -2.34. The van der Waals surface area contributed by atoms with E-state index in [9.17, 15) is 4.79 Å². The van der Waals surface area contributed by atoms with Gasteiger partial charge in [-0.15, -0.1) is 0 Å². The molecule has 1 aromatic rings. The normalized spacial score (nSPS) is 14.2. The van der Waals surface area contributed by atoms with Gasteiger partial charge in [0.1, 0.15) is 0 Å². The summed E-state index contributed by atoms with van der Waals surface area (Å²) in [5.74, 6) is 0.0665. The van der Waals surface area contributed by atoms with E-state index in [0.717, 1.165) is 0 Å². The van der Waals surface area contributed by atoms with E-state index in [4.69, 9.17) is 4.74 Å². The maximum atomic E-state index is 11.4. The van der Waals surface area contributed by atoms with Crippen LogP contribution >= 0.6 is 0 Å². The summed E-state index contributed by atoms with van der Waals surface area (Å²) in [5, 5.41) is 0.359. The van der Waals surface area contributed by atoms with Crippen LogP contribution in [0.3, 0.4) is 0 Å². The molecule has 116 valence electrons. The van der Waals surface area contributed by atoms with Gasteiger partial charge in [0.15, 0.2) is 0 Å². The van der Waals surface area contributed by atoms with E-state index in [0.29, 0.717) is 16.5 Å². The molecule has 0 aliphatic heterocycles. The van der Waals surface area contributed by atoms with E-state index in [1.165, 1.54) is 12.7 Å². The smallest absolute Gasteiger partial charge is 0.337 e. The Morgan fingerprint density at radius 2 is 1.71 bits per heavy atom. The van der Waals surface area contributed by atoms with Crippen molar-refractivity contribution in [3.05, 3.63) is 47.2 Å². The van der Waals surface area contributed by atoms with Gasteiger partial charge in [0.25, 0.3) is 0 Å². The minimum atomic E-state index is -1.39. The lowest BCUT2D eigenvalue weighted by atomic mass is 10.0. The number of carbonyl (C=O) groups is 1. The fourth-order valence-electron chi connectivity index (χ4n) is 1.79. The summed E-state index contributed by atoms with van der Waals surface area (Å²) in [4.78, 5) is 11.4. The highest BCUT2D eigenvalue weighted by Crippen LogP contribution is 2.37. The Morgan fingerprint density at radius 3 is 2.14 bits per heavy atom. The van der Waals surface area contributed by atoms with Crippen LogP contribution in [0.25, 0.3) is 0 Å². The van der Waals surface area contributed by atoms with Crippen LogP contribution in [-0.2, 0) is 4.74 Å². The average Bonchev–Trinajstić information content (AvgIpc) is 2.43. The van der Waals surface area contributed by atoms with E-state index < -0.39 is 8.07 Å². The highest BCUT2D eigenvalue weighted by Gasteiger charge is 2.32. The molecule has 0 saturated heterocycles. The van der Waals surface area contributed by atoms with Crippen molar-refractivity contribution in [2.75, 3.05) is 7.11 Å². The number of hydrogen-bond donors (Lipinski definition) is 0. The summed E-state index contributed by atoms with van der Waals surface area (Å²) < 4.78 is 4.72. The highest BCUT2D eigenvalue weighted by molar-refractivity contribution is 6.84. The second-order valence-corrected chi connectivity index (χ2v) is 12.5. The van der Waals surface area contributed by atoms with Gasteiger partial charge >= 0.3 is 5.97 Å². The first-order valence-corrected chi connectivity index (χ1v) is 10.5. The number of carbonyl (C=O) groups excluding carboxylic acids is 1. The quantitative estimate of drug-likeness (QED) is 0.566. The van der Waals surface area contributed by atoms with Gasteiger partial charge < -0.3 is 4.74 Å². The Labute approximate surface area is 130 Å². The Balaban J connectivity index is 2.85. The van der Waals surface area contributed by atoms with Gasteiger partial charge in [-0.3, -0.25) is 0 Å². The first-order chi connectivity index (χ1) is 9.58. The number of methoxy groups -OCH3 is 1. The summed E-state index contributed by atoms with van der Waals surface area (Å²) in [6, 6.07) is 7.68. The van der Waals surface area contributed by atoms with Gasteiger partial charge in [0, 0.05) is 0 Å². The van der Waals surface area contributed by atoms with Crippen molar-refractivity contribution < 1.29 is 9.53 Å². The fraction of sp³-hybridized carbons (Fsp3) is 0.500. The molecular weight excluding hydrogens is 276 g/mol. The van der Waals surface area contributed by atoms with Crippen LogP contribution < -0.4 is 0 Å². The Kier molecular flexibility index (Phi) is 5.57. The monoisotopic (exact) mass is 304 g/mol. The van der Waals surface area contributed by atoms with Gasteiger partial charge in [0.05, 0.1) is 20.7 Å². The Hall–Kier alpha value is -1.35. The molecule has 21 heavy (non-hydrogen) atoms. The molecule has 0 fully saturated rings. The van der Waals surface area contributed by atoms with Gasteiger partial charge in [-0.2, -0.15) is 0 Å². The molecule has 1 aromatic carbocycles. The zero-order chi connectivity index (χ0) is 16.3. The van der Waals surface area contributed by atoms with E-state index in [1.807, 2.05) is 24.3 Å². The molecule has 0 aliphatic carbocycles. The molecule has 0 aromatic heterocycles. The lowest BCUT2D eigenvalue weighted by molar-refractivity contribution is 0.0600. The summed E-state index contributed by atoms with van der Waals surface area (Å²) in [5.41, 5.74) is 4.26. The van der Waals surface area contributed by atoms with E-state index in [-0.39, 0.29) is 5.97 Å². The molecule has 0 unspecified atom stereocenters. The molecule has 0 spiro atoms. The Morgan fingerprint density at radius 1 is 1.19 bits per heavy atom. The summed E-state index contributed by atoms with van der Waals surface area (Å²) >= 11 is 0. The maximum absolute atomic E-state index is 11.4. The van der Waals surface area contributed by atoms with Gasteiger partial charge in [0.2, 0.25) is 0 Å². The van der Waals surface area contributed by atoms with Crippen LogP contribution in [-0.4, -0.2) is 21.2 Å². The second-order valence-electron chi connectivity index (χ2n) is 7.23. The highest BCUT2D eigenvalue weighted by atomic mass is 28.3. The molecule has 0 amide bonds. The summed E-state index contributed by atoms with van der Waals surface area (Å²) in [6.07, 6.45) is 2.31. The van der Waals surface area contributed by atoms with E-state index in [1.54, 1.807) is 0 Å². The van der Waals surface area contributed by atoms with Gasteiger partial charge in [-0.05, 0) is 28.7 Å². The first-order valence-electron chi connectivity index (χ1n) is 7.46. The summed E-state index contributed by atoms with van der Waals surface area (Å²) in [7, 11) is 0.0138. The molecule has 3 heteroatoms. The molecule has 1 rings (SSSR count). The van der Waals surface area contributed by atoms with Crippen LogP contribution in [0.2, 0.25) is 18.1 Å². The fourth-order valence-corrected chi connectivity index (χ4v) is 3.06. The van der Waals surface area contributed by atoms with Crippen molar-refractivity contribution in [1.82, 2.24) is 0 Å². The molecule has 0 saturated carbocycles. The van der Waals surface area contributed by atoms with Crippen LogP contribution in [0.15, 0.2) is 36.0 Å². The number of benzene rings is 1. The molecule has 0 radical (unpaired) electrons. The zero-order valence-corrected chi connectivity index (χ0v) is 15.4. The molecule has 0 bridgehead atoms. The molecule has 0 aliphatic rings. The zero-order valence-electron chi connectivity index (χ0n) is 14.4. The van der Waals surface area contributed by atoms with Gasteiger partial charge in [-0.25, -0.2) is 4.79 Å². The number of rotatable bonds is 4. The largest absolute Gasteiger partial charge is 0.465 e. The standard InChI is InChI=1S/C18H28O2Si/c1-14(12-13-21(6,7)18(2,3)4)15-8-10-16(11-9-15)17(19)20-5/h8-14H,1-7H3/b13-12+/t14-/m0/s1. The van der Waals surface area contributed by atoms with Crippen molar-refractivity contribution in [2.45, 2.75) is 51.7 Å². The maximum Gasteiger partial charge on any atom is 0.337 e. The predicted octanol–water partition coefficient (Wildman–Crippen LogP) is 5.18. The molecule has 0 N–H and O–H groups in total. The van der Waals surface area contributed by atoms with Crippen molar-refractivity contribution in [3.63, 3.8) is 0 Å². The molecule has 1 atom stereocenters. The van der Waals surface area contributed by atoms with Crippen LogP contribution in [0, 0.1) is 0 Å². The van der Waals surface area contributed by atoms with Gasteiger partial charge in [-0.1, -0.05) is 64.7 Å². The average molecular weight is 305 g/mol. The minimum Gasteiger partial charge on any atom is -0.465 e. The molecule has 2 nitrogen and oxygen atoms in total. The topological polar surface area (TPSA) is 26.3 Å². The van der Waals surface area contributed by atoms with E-state index in [2.05, 4.69) is 52.6 Å². The molecule has 0 heterocycles. The number of ether oxygens (including phenoxy) is 1. The lowest BCUT2D eigenvalue weighted by Crippen LogP contribution is -2.35. The van der Waals surface area contributed by atoms with Crippen LogP contribution in [0.4, 0.5) is 0 Å². The Bertz CT molecular complexity index is 507. The van der Waals surface area contributed by atoms with E-state index >= 15 is 0 Å². The third-order valence-corrected chi connectivity index (χ3v) is 9.48. The minimum absolute atomic E-state index is 0.286. The van der Waals surface area contributed by atoms with Crippen molar-refractivity contribution in [3.8, 4) is 0 Å². The number of allylic oxidation sites excluding steroid dienone is 1. The predicted molar refractivity (Wildman–Crippen MR) is 92.5 cm³/mol. The number of esters is 1.